The van der Waals surface area contributed by atoms with Crippen LogP contribution in [0.3, 0.4) is 0 Å². The van der Waals surface area contributed by atoms with Crippen molar-refractivity contribution in [1.82, 2.24) is 0 Å². The Bertz CT molecular complexity index is 1700. The van der Waals surface area contributed by atoms with Gasteiger partial charge in [-0.25, -0.2) is 0 Å². The number of carbonyl (C=O) groups excluding carboxylic acids is 1. The van der Waals surface area contributed by atoms with Crippen LogP contribution < -0.4 is 0 Å². The van der Waals surface area contributed by atoms with Crippen LogP contribution in [-0.2, 0) is 0 Å². The fourth-order valence-electron chi connectivity index (χ4n) is 5.54. The number of ketones is 1. The first-order chi connectivity index (χ1) is 16.8. The molecule has 7 rings (SSSR count). The maximum atomic E-state index is 13.2. The Balaban J connectivity index is 1.57. The van der Waals surface area contributed by atoms with Crippen LogP contribution in [0.15, 0.2) is 121 Å². The molecule has 0 aromatic heterocycles. The largest absolute Gasteiger partial charge is 0.289 e. The molecular formula is C33H20O. The van der Waals surface area contributed by atoms with Crippen molar-refractivity contribution in [2.24, 2.45) is 0 Å². The number of benzene rings is 6. The highest BCUT2D eigenvalue weighted by Gasteiger charge is 2.27. The van der Waals surface area contributed by atoms with Crippen LogP contribution in [0.4, 0.5) is 0 Å². The van der Waals surface area contributed by atoms with E-state index in [9.17, 15) is 4.79 Å². The number of hydrogen-bond acceptors (Lipinski definition) is 1. The lowest BCUT2D eigenvalue weighted by molar-refractivity contribution is 0.104. The maximum Gasteiger partial charge on any atom is 0.194 e. The minimum Gasteiger partial charge on any atom is -0.289 e. The highest BCUT2D eigenvalue weighted by Crippen LogP contribution is 2.45. The Morgan fingerprint density at radius 2 is 0.824 bits per heavy atom. The van der Waals surface area contributed by atoms with Gasteiger partial charge in [-0.3, -0.25) is 4.79 Å². The van der Waals surface area contributed by atoms with Gasteiger partial charge in [0.25, 0.3) is 0 Å². The fraction of sp³-hybridized carbons (Fsp3) is 0. The summed E-state index contributed by atoms with van der Waals surface area (Å²) in [5.41, 5.74) is 8.36. The third kappa shape index (κ3) is 2.64. The first-order valence-electron chi connectivity index (χ1n) is 11.6. The molecule has 158 valence electrons. The van der Waals surface area contributed by atoms with Gasteiger partial charge >= 0.3 is 0 Å². The zero-order valence-electron chi connectivity index (χ0n) is 18.5. The predicted molar refractivity (Wildman–Crippen MR) is 141 cm³/mol. The first-order valence-corrected chi connectivity index (χ1v) is 11.6. The van der Waals surface area contributed by atoms with Crippen LogP contribution in [0.1, 0.15) is 15.9 Å². The van der Waals surface area contributed by atoms with Gasteiger partial charge in [-0.1, -0.05) is 115 Å². The van der Waals surface area contributed by atoms with E-state index in [4.69, 9.17) is 0 Å². The third-order valence-electron chi connectivity index (χ3n) is 7.01. The molecule has 0 aliphatic heterocycles. The van der Waals surface area contributed by atoms with Gasteiger partial charge in [0.1, 0.15) is 0 Å². The highest BCUT2D eigenvalue weighted by atomic mass is 16.1. The van der Waals surface area contributed by atoms with Crippen molar-refractivity contribution in [2.45, 2.75) is 0 Å². The molecular weight excluding hydrogens is 412 g/mol. The second-order valence-corrected chi connectivity index (χ2v) is 8.84. The summed E-state index contributed by atoms with van der Waals surface area (Å²) in [5, 5.41) is 4.83. The molecule has 0 fully saturated rings. The molecule has 1 heteroatoms. The molecule has 6 aromatic carbocycles. The number of rotatable bonds is 2. The zero-order valence-corrected chi connectivity index (χ0v) is 18.5. The van der Waals surface area contributed by atoms with E-state index in [-0.39, 0.29) is 5.78 Å². The Morgan fingerprint density at radius 3 is 1.44 bits per heavy atom. The Hall–Kier alpha value is -4.49. The van der Waals surface area contributed by atoms with Crippen molar-refractivity contribution in [1.29, 1.82) is 0 Å². The average molecular weight is 433 g/mol. The predicted octanol–water partition coefficient (Wildman–Crippen LogP) is 8.54. The van der Waals surface area contributed by atoms with E-state index >= 15 is 0 Å². The van der Waals surface area contributed by atoms with Crippen LogP contribution >= 0.6 is 0 Å². The average Bonchev–Trinajstić information content (AvgIpc) is 3.19. The molecule has 0 amide bonds. The molecule has 0 unspecified atom stereocenters. The van der Waals surface area contributed by atoms with E-state index < -0.39 is 0 Å². The Morgan fingerprint density at radius 1 is 0.353 bits per heavy atom. The van der Waals surface area contributed by atoms with Crippen molar-refractivity contribution < 1.29 is 4.79 Å². The summed E-state index contributed by atoms with van der Waals surface area (Å²) in [6, 6.07) is 42.1. The lowest BCUT2D eigenvalue weighted by Crippen LogP contribution is -1.96. The molecule has 0 atom stereocenters. The van der Waals surface area contributed by atoms with Crippen LogP contribution in [0.5, 0.6) is 0 Å². The van der Waals surface area contributed by atoms with Gasteiger partial charge in [0.05, 0.1) is 0 Å². The number of hydrogen-bond donors (Lipinski definition) is 0. The van der Waals surface area contributed by atoms with E-state index in [1.165, 1.54) is 38.2 Å². The first kappa shape index (κ1) is 19.0. The minimum absolute atomic E-state index is 0.113. The second kappa shape index (κ2) is 7.26. The van der Waals surface area contributed by atoms with E-state index in [1.54, 1.807) is 0 Å². The molecule has 0 radical (unpaired) electrons. The second-order valence-electron chi connectivity index (χ2n) is 8.84. The van der Waals surface area contributed by atoms with Gasteiger partial charge in [0, 0.05) is 11.1 Å². The summed E-state index contributed by atoms with van der Waals surface area (Å²) in [6.07, 6.45) is 0. The molecule has 0 saturated heterocycles. The lowest BCUT2D eigenvalue weighted by Gasteiger charge is -2.18. The Kier molecular flexibility index (Phi) is 4.06. The van der Waals surface area contributed by atoms with Crippen molar-refractivity contribution >= 4 is 27.3 Å². The monoisotopic (exact) mass is 432 g/mol. The van der Waals surface area contributed by atoms with Crippen LogP contribution in [0.25, 0.3) is 54.9 Å². The normalized spacial score (nSPS) is 12.2. The van der Waals surface area contributed by atoms with Gasteiger partial charge in [-0.2, -0.15) is 0 Å². The molecule has 0 saturated carbocycles. The molecule has 0 spiro atoms. The van der Waals surface area contributed by atoms with Gasteiger partial charge in [0.15, 0.2) is 5.78 Å². The van der Waals surface area contributed by atoms with Gasteiger partial charge in [-0.05, 0) is 61.0 Å². The smallest absolute Gasteiger partial charge is 0.194 e. The molecule has 1 nitrogen and oxygen atoms in total. The van der Waals surface area contributed by atoms with E-state index in [1.807, 2.05) is 24.3 Å². The summed E-state index contributed by atoms with van der Waals surface area (Å²) in [5.74, 6) is 0.113. The summed E-state index contributed by atoms with van der Waals surface area (Å²) in [4.78, 5) is 13.2. The van der Waals surface area contributed by atoms with Crippen molar-refractivity contribution in [3.63, 3.8) is 0 Å². The quantitative estimate of drug-likeness (QED) is 0.250. The summed E-state index contributed by atoms with van der Waals surface area (Å²) in [7, 11) is 0. The van der Waals surface area contributed by atoms with Gasteiger partial charge in [-0.15, -0.1) is 0 Å². The highest BCUT2D eigenvalue weighted by molar-refractivity contribution is 6.24. The van der Waals surface area contributed by atoms with E-state index in [0.717, 1.165) is 27.8 Å². The number of carbonyl (C=O) groups is 1. The standard InChI is InChI=1S/C33H20O/c34-33-29-17-9-4-12-23(29)24-19-18-22(20-30(24)33)32-27-15-7-5-13-25(27)31(21-10-2-1-3-11-21)26-14-6-8-16-28(26)32/h1-20H. The van der Waals surface area contributed by atoms with E-state index in [2.05, 4.69) is 97.1 Å². The Labute approximate surface area is 197 Å². The molecule has 0 heterocycles. The molecule has 34 heavy (non-hydrogen) atoms. The van der Waals surface area contributed by atoms with Crippen LogP contribution in [-0.4, -0.2) is 5.78 Å². The topological polar surface area (TPSA) is 17.1 Å². The van der Waals surface area contributed by atoms with Gasteiger partial charge in [0.2, 0.25) is 0 Å². The minimum atomic E-state index is 0.113. The summed E-state index contributed by atoms with van der Waals surface area (Å²) in [6.45, 7) is 0. The molecule has 1 aliphatic rings. The van der Waals surface area contributed by atoms with Crippen LogP contribution in [0.2, 0.25) is 0 Å². The SMILES string of the molecule is O=C1c2ccccc2-c2ccc(-c3c4ccccc4c(-c4ccccc4)c4ccccc34)cc21. The van der Waals surface area contributed by atoms with E-state index in [0.29, 0.717) is 0 Å². The third-order valence-corrected chi connectivity index (χ3v) is 7.01. The molecule has 1 aliphatic carbocycles. The lowest BCUT2D eigenvalue weighted by atomic mass is 9.85. The summed E-state index contributed by atoms with van der Waals surface area (Å²) < 4.78 is 0. The van der Waals surface area contributed by atoms with Crippen molar-refractivity contribution in [2.75, 3.05) is 0 Å². The van der Waals surface area contributed by atoms with Crippen molar-refractivity contribution in [3.8, 4) is 33.4 Å². The maximum absolute atomic E-state index is 13.2. The summed E-state index contributed by atoms with van der Waals surface area (Å²) >= 11 is 0. The fourth-order valence-corrected chi connectivity index (χ4v) is 5.54. The molecule has 0 bridgehead atoms. The molecule has 0 N–H and O–H groups in total. The molecule has 6 aromatic rings. The number of fused-ring (bicyclic) bond motifs is 5. The van der Waals surface area contributed by atoms with Crippen LogP contribution in [0, 0.1) is 0 Å². The van der Waals surface area contributed by atoms with Crippen molar-refractivity contribution in [3.05, 3.63) is 132 Å². The zero-order chi connectivity index (χ0) is 22.6. The van der Waals surface area contributed by atoms with Gasteiger partial charge < -0.3 is 0 Å².